The van der Waals surface area contributed by atoms with Gasteiger partial charge in [-0.1, -0.05) is 53.2 Å². The predicted molar refractivity (Wildman–Crippen MR) is 116 cm³/mol. The maximum atomic E-state index is 12.9. The summed E-state index contributed by atoms with van der Waals surface area (Å²) >= 11 is 0. The van der Waals surface area contributed by atoms with E-state index in [1.54, 1.807) is 6.92 Å². The number of aromatic nitrogens is 5. The van der Waals surface area contributed by atoms with E-state index in [0.717, 1.165) is 5.56 Å². The molecule has 1 amide bonds. The first-order valence-corrected chi connectivity index (χ1v) is 9.65. The minimum Gasteiger partial charge on any atom is -0.488 e. The third kappa shape index (κ3) is 4.46. The van der Waals surface area contributed by atoms with Crippen molar-refractivity contribution < 1.29 is 14.2 Å². The number of carbonyl (C=O) groups is 1. The Labute approximate surface area is 182 Å². The molecule has 0 aliphatic carbocycles. The molecule has 32 heavy (non-hydrogen) atoms. The molecule has 0 atom stereocenters. The number of nitrogens with two attached hydrogens (primary N) is 1. The van der Waals surface area contributed by atoms with Crippen molar-refractivity contribution in [3.63, 3.8) is 0 Å². The molecule has 0 radical (unpaired) electrons. The zero-order valence-corrected chi connectivity index (χ0v) is 17.4. The second-order valence-corrected chi connectivity index (χ2v) is 6.93. The molecule has 0 spiro atoms. The van der Waals surface area contributed by atoms with E-state index < -0.39 is 5.91 Å². The van der Waals surface area contributed by atoms with Crippen LogP contribution in [-0.4, -0.2) is 43.5 Å². The molecule has 0 bridgehead atoms. The van der Waals surface area contributed by atoms with Crippen LogP contribution < -0.4 is 15.9 Å². The Morgan fingerprint density at radius 1 is 1.16 bits per heavy atom. The molecule has 0 saturated carbocycles. The van der Waals surface area contributed by atoms with Gasteiger partial charge in [-0.05, 0) is 36.3 Å². The number of ether oxygens (including phenoxy) is 1. The molecule has 2 heterocycles. The predicted octanol–water partition coefficient (Wildman–Crippen LogP) is 2.39. The van der Waals surface area contributed by atoms with Crippen LogP contribution in [-0.2, 0) is 0 Å². The quantitative estimate of drug-likeness (QED) is 0.334. The summed E-state index contributed by atoms with van der Waals surface area (Å²) in [7, 11) is 0. The lowest BCUT2D eigenvalue weighted by atomic mass is 10.1. The Balaban J connectivity index is 1.58. The largest absolute Gasteiger partial charge is 0.488 e. The summed E-state index contributed by atoms with van der Waals surface area (Å²) in [5.41, 5.74) is 11.0. The molecule has 2 aromatic carbocycles. The van der Waals surface area contributed by atoms with Crippen LogP contribution in [0.3, 0.4) is 0 Å². The Morgan fingerprint density at radius 2 is 1.91 bits per heavy atom. The van der Waals surface area contributed by atoms with Gasteiger partial charge in [0.25, 0.3) is 5.91 Å². The van der Waals surface area contributed by atoms with Gasteiger partial charge in [0.15, 0.2) is 5.69 Å². The van der Waals surface area contributed by atoms with Gasteiger partial charge in [0.2, 0.25) is 11.6 Å². The van der Waals surface area contributed by atoms with E-state index in [4.69, 9.17) is 10.5 Å². The van der Waals surface area contributed by atoms with Crippen LogP contribution in [0.2, 0.25) is 0 Å². The Hall–Kier alpha value is -4.54. The lowest BCUT2D eigenvalue weighted by Crippen LogP contribution is -2.22. The highest BCUT2D eigenvalue weighted by atomic mass is 16.6. The molecule has 0 unspecified atom stereocenters. The molecular weight excluding hydrogens is 412 g/mol. The van der Waals surface area contributed by atoms with Crippen LogP contribution >= 0.6 is 0 Å². The number of nitrogens with one attached hydrogen (secondary N) is 1. The number of aryl methyl sites for hydroxylation is 1. The molecule has 2 aromatic heterocycles. The third-order valence-corrected chi connectivity index (χ3v) is 4.45. The standard InChI is InChI=1S/C21H20N8O3/c1-13-8-10-15(11-9-13)18-17(24-28-29(18)20-19(22)26-32-27-20)21(30)25-23-14(2)12-31-16-6-4-3-5-7-16/h3-11H,12H2,1-2H3,(H2,22,26)(H,25,30)/b23-14-. The average molecular weight is 432 g/mol. The van der Waals surface area contributed by atoms with Gasteiger partial charge < -0.3 is 10.5 Å². The van der Waals surface area contributed by atoms with Gasteiger partial charge in [-0.3, -0.25) is 4.79 Å². The molecule has 4 rings (SSSR count). The van der Waals surface area contributed by atoms with Gasteiger partial charge in [0.05, 0.1) is 5.71 Å². The Kier molecular flexibility index (Phi) is 5.88. The summed E-state index contributed by atoms with van der Waals surface area (Å²) in [5, 5.41) is 19.5. The third-order valence-electron chi connectivity index (χ3n) is 4.45. The molecule has 0 fully saturated rings. The van der Waals surface area contributed by atoms with Crippen LogP contribution in [0.1, 0.15) is 23.0 Å². The minimum absolute atomic E-state index is 0.0159. The lowest BCUT2D eigenvalue weighted by molar-refractivity contribution is 0.0950. The van der Waals surface area contributed by atoms with Gasteiger partial charge in [0, 0.05) is 5.56 Å². The number of carbonyl (C=O) groups excluding carboxylic acids is 1. The van der Waals surface area contributed by atoms with E-state index in [2.05, 4.69) is 35.8 Å². The summed E-state index contributed by atoms with van der Waals surface area (Å²) in [6.07, 6.45) is 0. The minimum atomic E-state index is -0.555. The number of rotatable bonds is 7. The van der Waals surface area contributed by atoms with E-state index in [9.17, 15) is 4.79 Å². The summed E-state index contributed by atoms with van der Waals surface area (Å²) in [5.74, 6) is 0.294. The molecule has 3 N–H and O–H groups in total. The fraction of sp³-hybridized carbons (Fsp3) is 0.143. The fourth-order valence-electron chi connectivity index (χ4n) is 2.83. The van der Waals surface area contributed by atoms with Gasteiger partial charge >= 0.3 is 0 Å². The first-order valence-electron chi connectivity index (χ1n) is 9.65. The fourth-order valence-corrected chi connectivity index (χ4v) is 2.83. The molecule has 11 nitrogen and oxygen atoms in total. The highest BCUT2D eigenvalue weighted by molar-refractivity contribution is 5.99. The molecule has 11 heteroatoms. The Morgan fingerprint density at radius 3 is 2.59 bits per heavy atom. The van der Waals surface area contributed by atoms with Crippen molar-refractivity contribution in [3.8, 4) is 22.8 Å². The highest BCUT2D eigenvalue weighted by Gasteiger charge is 2.25. The second kappa shape index (κ2) is 9.08. The molecule has 4 aromatic rings. The van der Waals surface area contributed by atoms with E-state index in [0.29, 0.717) is 22.7 Å². The first-order chi connectivity index (χ1) is 15.5. The lowest BCUT2D eigenvalue weighted by Gasteiger charge is -2.07. The van der Waals surface area contributed by atoms with Gasteiger partial charge in [-0.2, -0.15) is 9.78 Å². The summed E-state index contributed by atoms with van der Waals surface area (Å²) in [6.45, 7) is 3.91. The van der Waals surface area contributed by atoms with Crippen molar-refractivity contribution in [3.05, 3.63) is 65.9 Å². The number of nitrogens with zero attached hydrogens (tertiary/aromatic N) is 6. The zero-order chi connectivity index (χ0) is 22.5. The molecule has 0 aliphatic rings. The van der Waals surface area contributed by atoms with Gasteiger partial charge in [-0.25, -0.2) is 10.1 Å². The van der Waals surface area contributed by atoms with Crippen LogP contribution in [0, 0.1) is 6.92 Å². The summed E-state index contributed by atoms with van der Waals surface area (Å²) in [4.78, 5) is 12.9. The monoisotopic (exact) mass is 432 g/mol. The van der Waals surface area contributed by atoms with E-state index >= 15 is 0 Å². The first kappa shape index (κ1) is 20.7. The SMILES string of the molecule is C/C(COc1ccccc1)=N/NC(=O)c1nnn(-c2nonc2N)c1-c1ccc(C)cc1. The van der Waals surface area contributed by atoms with E-state index in [1.165, 1.54) is 4.68 Å². The number of para-hydroxylation sites is 1. The number of hydrogen-bond acceptors (Lipinski definition) is 9. The highest BCUT2D eigenvalue weighted by Crippen LogP contribution is 2.26. The molecular formula is C21H20N8O3. The van der Waals surface area contributed by atoms with Gasteiger partial charge in [0.1, 0.15) is 18.1 Å². The summed E-state index contributed by atoms with van der Waals surface area (Å²) in [6, 6.07) is 16.8. The van der Waals surface area contributed by atoms with E-state index in [1.807, 2.05) is 61.5 Å². The molecule has 0 aliphatic heterocycles. The second-order valence-electron chi connectivity index (χ2n) is 6.93. The van der Waals surface area contributed by atoms with Crippen molar-refractivity contribution in [1.29, 1.82) is 0 Å². The zero-order valence-electron chi connectivity index (χ0n) is 17.4. The number of nitrogen functional groups attached to an aromatic ring is 1. The van der Waals surface area contributed by atoms with Crippen LogP contribution in [0.25, 0.3) is 17.1 Å². The number of benzene rings is 2. The van der Waals surface area contributed by atoms with Crippen molar-refractivity contribution >= 4 is 17.4 Å². The van der Waals surface area contributed by atoms with Crippen molar-refractivity contribution in [2.24, 2.45) is 5.10 Å². The Bertz CT molecular complexity index is 1250. The van der Waals surface area contributed by atoms with Crippen molar-refractivity contribution in [2.45, 2.75) is 13.8 Å². The maximum absolute atomic E-state index is 12.9. The maximum Gasteiger partial charge on any atom is 0.294 e. The normalized spacial score (nSPS) is 11.4. The molecule has 0 saturated heterocycles. The molecule has 162 valence electrons. The smallest absolute Gasteiger partial charge is 0.294 e. The van der Waals surface area contributed by atoms with Gasteiger partial charge in [-0.15, -0.1) is 5.10 Å². The number of amides is 1. The number of anilines is 1. The number of hydrogen-bond donors (Lipinski definition) is 2. The van der Waals surface area contributed by atoms with Crippen molar-refractivity contribution in [2.75, 3.05) is 12.3 Å². The van der Waals surface area contributed by atoms with Crippen LogP contribution in [0.4, 0.5) is 5.82 Å². The van der Waals surface area contributed by atoms with E-state index in [-0.39, 0.29) is 23.9 Å². The van der Waals surface area contributed by atoms with Crippen LogP contribution in [0.15, 0.2) is 64.3 Å². The number of hydrazone groups is 1. The van der Waals surface area contributed by atoms with Crippen molar-refractivity contribution in [1.82, 2.24) is 30.7 Å². The van der Waals surface area contributed by atoms with Crippen LogP contribution in [0.5, 0.6) is 5.75 Å². The average Bonchev–Trinajstić information content (AvgIpc) is 3.43. The summed E-state index contributed by atoms with van der Waals surface area (Å²) < 4.78 is 11.6. The topological polar surface area (TPSA) is 146 Å².